The van der Waals surface area contributed by atoms with Crippen LogP contribution >= 0.6 is 11.6 Å². The minimum Gasteiger partial charge on any atom is -0.341 e. The summed E-state index contributed by atoms with van der Waals surface area (Å²) in [6.07, 6.45) is 8.17. The van der Waals surface area contributed by atoms with Crippen LogP contribution in [0.25, 0.3) is 5.69 Å². The summed E-state index contributed by atoms with van der Waals surface area (Å²) in [5.41, 5.74) is 0.644. The number of nitrogens with zero attached hydrogens (tertiary/aromatic N) is 7. The maximum atomic E-state index is 14.9. The molecule has 1 saturated carbocycles. The van der Waals surface area contributed by atoms with Gasteiger partial charge in [0.2, 0.25) is 5.95 Å². The number of anilines is 1. The van der Waals surface area contributed by atoms with Gasteiger partial charge in [-0.25, -0.2) is 24.0 Å². The van der Waals surface area contributed by atoms with Gasteiger partial charge in [0.15, 0.2) is 0 Å². The van der Waals surface area contributed by atoms with Gasteiger partial charge in [-0.1, -0.05) is 11.6 Å². The fraction of sp³-hybridized carbons (Fsp3) is 0.409. The molecule has 1 aliphatic carbocycles. The van der Waals surface area contributed by atoms with Crippen molar-refractivity contribution >= 4 is 23.5 Å². The summed E-state index contributed by atoms with van der Waals surface area (Å²) in [5.74, 6) is 0.626. The molecule has 1 amide bonds. The Morgan fingerprint density at radius 3 is 2.38 bits per heavy atom. The maximum absolute atomic E-state index is 14.9. The van der Waals surface area contributed by atoms with Gasteiger partial charge in [-0.3, -0.25) is 4.79 Å². The van der Waals surface area contributed by atoms with Crippen LogP contribution in [0.2, 0.25) is 5.02 Å². The first-order valence-corrected chi connectivity index (χ1v) is 11.1. The molecule has 0 unspecified atom stereocenters. The van der Waals surface area contributed by atoms with E-state index in [-0.39, 0.29) is 23.7 Å². The molecule has 0 spiro atoms. The standard InChI is InChI=1S/C22H23ClFN7O/c1-14-27-13-28-31(14)20-5-2-15(10-19(20)24)21(32)30(17-3-4-17)18-6-8-29(9-7-18)22-25-11-16(23)12-26-22/h2,5,10-13,17-18H,3-4,6-9H2,1H3. The lowest BCUT2D eigenvalue weighted by molar-refractivity contribution is 0.0630. The van der Waals surface area contributed by atoms with Crippen molar-refractivity contribution in [1.29, 1.82) is 0 Å². The van der Waals surface area contributed by atoms with Crippen LogP contribution in [0.5, 0.6) is 0 Å². The van der Waals surface area contributed by atoms with Crippen molar-refractivity contribution in [3.8, 4) is 5.69 Å². The van der Waals surface area contributed by atoms with E-state index >= 15 is 0 Å². The SMILES string of the molecule is Cc1ncnn1-c1ccc(C(=O)N(C2CC2)C2CCN(c3ncc(Cl)cn3)CC2)cc1F. The van der Waals surface area contributed by atoms with E-state index in [4.69, 9.17) is 11.6 Å². The highest BCUT2D eigenvalue weighted by Crippen LogP contribution is 2.34. The largest absolute Gasteiger partial charge is 0.341 e. The van der Waals surface area contributed by atoms with Crippen molar-refractivity contribution < 1.29 is 9.18 Å². The first-order valence-electron chi connectivity index (χ1n) is 10.7. The average Bonchev–Trinajstić information content (AvgIpc) is 3.54. The lowest BCUT2D eigenvalue weighted by atomic mass is 10.0. The number of aryl methyl sites for hydroxylation is 1. The van der Waals surface area contributed by atoms with Gasteiger partial charge in [-0.15, -0.1) is 0 Å². The molecular formula is C22H23ClFN7O. The minimum absolute atomic E-state index is 0.110. The quantitative estimate of drug-likeness (QED) is 0.586. The Kier molecular flexibility index (Phi) is 5.50. The van der Waals surface area contributed by atoms with E-state index in [1.165, 1.54) is 17.1 Å². The van der Waals surface area contributed by atoms with Crippen molar-refractivity contribution in [2.45, 2.75) is 44.7 Å². The predicted molar refractivity (Wildman–Crippen MR) is 118 cm³/mol. The zero-order chi connectivity index (χ0) is 22.2. The van der Waals surface area contributed by atoms with Crippen LogP contribution in [0.4, 0.5) is 10.3 Å². The Morgan fingerprint density at radius 1 is 1.09 bits per heavy atom. The summed E-state index contributed by atoms with van der Waals surface area (Å²) in [6.45, 7) is 3.26. The summed E-state index contributed by atoms with van der Waals surface area (Å²) < 4.78 is 16.3. The minimum atomic E-state index is -0.491. The third-order valence-corrected chi connectivity index (χ3v) is 6.26. The zero-order valence-corrected chi connectivity index (χ0v) is 18.4. The molecule has 2 aliphatic rings. The van der Waals surface area contributed by atoms with E-state index < -0.39 is 5.82 Å². The number of aromatic nitrogens is 5. The Labute approximate surface area is 190 Å². The molecule has 2 fully saturated rings. The van der Waals surface area contributed by atoms with Crippen LogP contribution in [-0.4, -0.2) is 60.7 Å². The third-order valence-electron chi connectivity index (χ3n) is 6.06. The molecule has 10 heteroatoms. The van der Waals surface area contributed by atoms with Gasteiger partial charge in [-0.2, -0.15) is 5.10 Å². The second-order valence-corrected chi connectivity index (χ2v) is 8.68. The molecular weight excluding hydrogens is 433 g/mol. The van der Waals surface area contributed by atoms with Gasteiger partial charge in [-0.05, 0) is 50.8 Å². The molecule has 2 aromatic heterocycles. The van der Waals surface area contributed by atoms with Crippen LogP contribution in [0.1, 0.15) is 41.9 Å². The molecule has 0 atom stereocenters. The number of piperidine rings is 1. The highest BCUT2D eigenvalue weighted by Gasteiger charge is 2.39. The van der Waals surface area contributed by atoms with Crippen molar-refractivity contribution in [3.63, 3.8) is 0 Å². The molecule has 1 saturated heterocycles. The molecule has 1 aliphatic heterocycles. The van der Waals surface area contributed by atoms with E-state index in [0.29, 0.717) is 22.4 Å². The molecule has 1 aromatic carbocycles. The Morgan fingerprint density at radius 2 is 1.78 bits per heavy atom. The van der Waals surface area contributed by atoms with E-state index in [2.05, 4.69) is 25.0 Å². The number of benzene rings is 1. The van der Waals surface area contributed by atoms with E-state index in [1.54, 1.807) is 31.5 Å². The smallest absolute Gasteiger partial charge is 0.254 e. The van der Waals surface area contributed by atoms with Crippen molar-refractivity contribution in [2.24, 2.45) is 0 Å². The first-order chi connectivity index (χ1) is 15.5. The Hall–Kier alpha value is -3.07. The summed E-state index contributed by atoms with van der Waals surface area (Å²) in [4.78, 5) is 30.1. The van der Waals surface area contributed by atoms with E-state index in [0.717, 1.165) is 38.8 Å². The zero-order valence-electron chi connectivity index (χ0n) is 17.7. The Bertz CT molecular complexity index is 1120. The van der Waals surface area contributed by atoms with Gasteiger partial charge in [0.1, 0.15) is 23.7 Å². The fourth-order valence-corrected chi connectivity index (χ4v) is 4.39. The Balaban J connectivity index is 1.31. The van der Waals surface area contributed by atoms with Gasteiger partial charge in [0.05, 0.1) is 17.4 Å². The molecule has 32 heavy (non-hydrogen) atoms. The molecule has 3 aromatic rings. The summed E-state index contributed by atoms with van der Waals surface area (Å²) >= 11 is 5.89. The van der Waals surface area contributed by atoms with Gasteiger partial charge >= 0.3 is 0 Å². The highest BCUT2D eigenvalue weighted by molar-refractivity contribution is 6.30. The van der Waals surface area contributed by atoms with E-state index in [1.807, 2.05) is 4.90 Å². The highest BCUT2D eigenvalue weighted by atomic mass is 35.5. The molecule has 0 bridgehead atoms. The monoisotopic (exact) mass is 455 g/mol. The average molecular weight is 456 g/mol. The summed E-state index contributed by atoms with van der Waals surface area (Å²) in [6, 6.07) is 4.92. The number of carbonyl (C=O) groups is 1. The second-order valence-electron chi connectivity index (χ2n) is 8.25. The van der Waals surface area contributed by atoms with Gasteiger partial charge < -0.3 is 9.80 Å². The molecule has 0 N–H and O–H groups in total. The summed E-state index contributed by atoms with van der Waals surface area (Å²) in [7, 11) is 0. The lowest BCUT2D eigenvalue weighted by Gasteiger charge is -2.39. The number of halogens is 2. The number of hydrogen-bond acceptors (Lipinski definition) is 6. The predicted octanol–water partition coefficient (Wildman–Crippen LogP) is 3.43. The van der Waals surface area contributed by atoms with E-state index in [9.17, 15) is 9.18 Å². The van der Waals surface area contributed by atoms with Gasteiger partial charge in [0, 0.05) is 30.7 Å². The van der Waals surface area contributed by atoms with Crippen LogP contribution in [0.15, 0.2) is 36.9 Å². The number of hydrogen-bond donors (Lipinski definition) is 0. The molecule has 166 valence electrons. The van der Waals surface area contributed by atoms with Crippen LogP contribution in [-0.2, 0) is 0 Å². The van der Waals surface area contributed by atoms with Crippen LogP contribution in [0, 0.1) is 12.7 Å². The van der Waals surface area contributed by atoms with Crippen LogP contribution in [0.3, 0.4) is 0 Å². The van der Waals surface area contributed by atoms with Gasteiger partial charge in [0.25, 0.3) is 5.91 Å². The number of rotatable bonds is 5. The fourth-order valence-electron chi connectivity index (χ4n) is 4.29. The normalized spacial score (nSPS) is 16.9. The van der Waals surface area contributed by atoms with Crippen molar-refractivity contribution in [3.05, 3.63) is 59.1 Å². The molecule has 5 rings (SSSR count). The molecule has 3 heterocycles. The molecule has 0 radical (unpaired) electrons. The maximum Gasteiger partial charge on any atom is 0.254 e. The van der Waals surface area contributed by atoms with Crippen molar-refractivity contribution in [1.82, 2.24) is 29.6 Å². The second kappa shape index (κ2) is 8.46. The number of amides is 1. The topological polar surface area (TPSA) is 80.0 Å². The van der Waals surface area contributed by atoms with Crippen LogP contribution < -0.4 is 4.90 Å². The lowest BCUT2D eigenvalue weighted by Crippen LogP contribution is -2.48. The number of carbonyl (C=O) groups excluding carboxylic acids is 1. The summed E-state index contributed by atoms with van der Waals surface area (Å²) in [5, 5.41) is 4.56. The van der Waals surface area contributed by atoms with Crippen molar-refractivity contribution in [2.75, 3.05) is 18.0 Å². The first kappa shape index (κ1) is 20.8. The third kappa shape index (κ3) is 4.04. The molecule has 8 nitrogen and oxygen atoms in total.